The summed E-state index contributed by atoms with van der Waals surface area (Å²) in [6, 6.07) is 6.99. The molecule has 0 heterocycles. The molecule has 5 nitrogen and oxygen atoms in total. The highest BCUT2D eigenvalue weighted by Crippen LogP contribution is 2.06. The number of carbonyl (C=O) groups is 3. The van der Waals surface area contributed by atoms with E-state index in [9.17, 15) is 14.4 Å². The number of imide groups is 3. The number of carbonyl (C=O) groups excluding carboxylic acids is 3. The van der Waals surface area contributed by atoms with E-state index < -0.39 is 17.8 Å². The van der Waals surface area contributed by atoms with E-state index in [2.05, 4.69) is 0 Å². The molecule has 2 N–H and O–H groups in total. The monoisotopic (exact) mass is 220 g/mol. The third kappa shape index (κ3) is 2.44. The highest BCUT2D eigenvalue weighted by atomic mass is 16.2. The van der Waals surface area contributed by atoms with Crippen LogP contribution in [0, 0.1) is 0 Å². The molecule has 16 heavy (non-hydrogen) atoms. The summed E-state index contributed by atoms with van der Waals surface area (Å²) in [6.45, 7) is 1.55. The van der Waals surface area contributed by atoms with Gasteiger partial charge in [0.2, 0.25) is 5.91 Å². The van der Waals surface area contributed by atoms with E-state index in [1.807, 2.05) is 0 Å². The van der Waals surface area contributed by atoms with Crippen molar-refractivity contribution in [1.29, 1.82) is 0 Å². The number of benzene rings is 1. The summed E-state index contributed by atoms with van der Waals surface area (Å²) in [6.07, 6.45) is 0.0432. The molecule has 0 fully saturated rings. The Kier molecular flexibility index (Phi) is 3.77. The highest BCUT2D eigenvalue weighted by molar-refractivity contribution is 6.15. The molecule has 0 bridgehead atoms. The molecule has 0 spiro atoms. The second-order valence-electron chi connectivity index (χ2n) is 3.09. The molecule has 4 amide bonds. The second kappa shape index (κ2) is 5.06. The molecule has 0 aliphatic heterocycles. The van der Waals surface area contributed by atoms with Gasteiger partial charge in [-0.15, -0.1) is 0 Å². The largest absolute Gasteiger partial charge is 0.351 e. The summed E-state index contributed by atoms with van der Waals surface area (Å²) in [5, 5.41) is 0. The first kappa shape index (κ1) is 11.9. The Hall–Kier alpha value is -2.17. The van der Waals surface area contributed by atoms with Crippen LogP contribution in [-0.4, -0.2) is 22.7 Å². The minimum Gasteiger partial charge on any atom is -0.351 e. The Labute approximate surface area is 92.8 Å². The number of rotatable bonds is 2. The standard InChI is InChI=1S/C11H12N2O3/c1-2-9(14)13(11(12)16)10(15)8-6-4-3-5-7-8/h3-7H,2H2,1H3,(H2,12,16). The predicted molar refractivity (Wildman–Crippen MR) is 57.5 cm³/mol. The molecule has 0 aliphatic rings. The van der Waals surface area contributed by atoms with Crippen LogP contribution in [0.4, 0.5) is 4.79 Å². The van der Waals surface area contributed by atoms with Crippen LogP contribution in [0.15, 0.2) is 30.3 Å². The zero-order valence-corrected chi connectivity index (χ0v) is 8.84. The second-order valence-corrected chi connectivity index (χ2v) is 3.09. The third-order valence-electron chi connectivity index (χ3n) is 2.00. The van der Waals surface area contributed by atoms with E-state index in [-0.39, 0.29) is 12.0 Å². The topological polar surface area (TPSA) is 80.5 Å². The summed E-state index contributed by atoms with van der Waals surface area (Å²) in [7, 11) is 0. The van der Waals surface area contributed by atoms with Crippen LogP contribution in [-0.2, 0) is 4.79 Å². The first-order valence-corrected chi connectivity index (χ1v) is 4.79. The average Bonchev–Trinajstić information content (AvgIpc) is 2.29. The van der Waals surface area contributed by atoms with Crippen molar-refractivity contribution in [3.63, 3.8) is 0 Å². The lowest BCUT2D eigenvalue weighted by Crippen LogP contribution is -2.44. The molecule has 84 valence electrons. The average molecular weight is 220 g/mol. The van der Waals surface area contributed by atoms with Crippen molar-refractivity contribution >= 4 is 17.8 Å². The van der Waals surface area contributed by atoms with Crippen molar-refractivity contribution in [2.24, 2.45) is 5.73 Å². The zero-order valence-electron chi connectivity index (χ0n) is 8.84. The maximum Gasteiger partial charge on any atom is 0.328 e. The predicted octanol–water partition coefficient (Wildman–Crippen LogP) is 1.14. The quantitative estimate of drug-likeness (QED) is 0.811. The van der Waals surface area contributed by atoms with Gasteiger partial charge in [-0.3, -0.25) is 9.59 Å². The Morgan fingerprint density at radius 3 is 2.19 bits per heavy atom. The van der Waals surface area contributed by atoms with Crippen molar-refractivity contribution in [2.75, 3.05) is 0 Å². The van der Waals surface area contributed by atoms with Crippen molar-refractivity contribution in [3.8, 4) is 0 Å². The lowest BCUT2D eigenvalue weighted by atomic mass is 10.2. The molecule has 0 atom stereocenters. The molecule has 1 aromatic rings. The molecule has 0 unspecified atom stereocenters. The van der Waals surface area contributed by atoms with E-state index in [1.165, 1.54) is 12.1 Å². The first-order chi connectivity index (χ1) is 7.57. The molecule has 5 heteroatoms. The van der Waals surface area contributed by atoms with Crippen LogP contribution in [0.5, 0.6) is 0 Å². The fraction of sp³-hybridized carbons (Fsp3) is 0.182. The molecular weight excluding hydrogens is 208 g/mol. The van der Waals surface area contributed by atoms with E-state index in [4.69, 9.17) is 5.73 Å². The molecular formula is C11H12N2O3. The number of hydrogen-bond acceptors (Lipinski definition) is 3. The molecule has 0 radical (unpaired) electrons. The van der Waals surface area contributed by atoms with E-state index in [1.54, 1.807) is 25.1 Å². The molecule has 0 saturated carbocycles. The van der Waals surface area contributed by atoms with Crippen LogP contribution in [0.25, 0.3) is 0 Å². The molecule has 0 aliphatic carbocycles. The van der Waals surface area contributed by atoms with Crippen LogP contribution in [0.3, 0.4) is 0 Å². The first-order valence-electron chi connectivity index (χ1n) is 4.79. The smallest absolute Gasteiger partial charge is 0.328 e. The van der Waals surface area contributed by atoms with Gasteiger partial charge >= 0.3 is 6.03 Å². The minimum atomic E-state index is -1.05. The van der Waals surface area contributed by atoms with Crippen LogP contribution in [0.2, 0.25) is 0 Å². The van der Waals surface area contributed by atoms with Crippen molar-refractivity contribution < 1.29 is 14.4 Å². The lowest BCUT2D eigenvalue weighted by Gasteiger charge is -2.15. The SMILES string of the molecule is CCC(=O)N(C(N)=O)C(=O)c1ccccc1. The number of nitrogens with zero attached hydrogens (tertiary/aromatic N) is 1. The van der Waals surface area contributed by atoms with Crippen LogP contribution < -0.4 is 5.73 Å². The van der Waals surface area contributed by atoms with Gasteiger partial charge in [-0.25, -0.2) is 4.79 Å². The number of primary amides is 1. The van der Waals surface area contributed by atoms with Crippen molar-refractivity contribution in [2.45, 2.75) is 13.3 Å². The van der Waals surface area contributed by atoms with Gasteiger partial charge in [-0.2, -0.15) is 4.90 Å². The molecule has 0 saturated heterocycles. The van der Waals surface area contributed by atoms with Gasteiger partial charge in [-0.05, 0) is 12.1 Å². The van der Waals surface area contributed by atoms with Crippen LogP contribution >= 0.6 is 0 Å². The summed E-state index contributed by atoms with van der Waals surface area (Å²) in [5.74, 6) is -1.30. The summed E-state index contributed by atoms with van der Waals surface area (Å²) < 4.78 is 0. The Bertz CT molecular complexity index is 414. The van der Waals surface area contributed by atoms with Gasteiger partial charge in [0.25, 0.3) is 5.91 Å². The minimum absolute atomic E-state index is 0.0432. The maximum absolute atomic E-state index is 11.8. The fourth-order valence-electron chi connectivity index (χ4n) is 1.20. The van der Waals surface area contributed by atoms with Gasteiger partial charge in [0, 0.05) is 12.0 Å². The van der Waals surface area contributed by atoms with E-state index in [0.717, 1.165) is 0 Å². The Balaban J connectivity index is 3.02. The highest BCUT2D eigenvalue weighted by Gasteiger charge is 2.25. The molecule has 1 aromatic carbocycles. The lowest BCUT2D eigenvalue weighted by molar-refractivity contribution is -0.125. The van der Waals surface area contributed by atoms with Crippen molar-refractivity contribution in [3.05, 3.63) is 35.9 Å². The number of urea groups is 1. The van der Waals surface area contributed by atoms with Crippen LogP contribution in [0.1, 0.15) is 23.7 Å². The maximum atomic E-state index is 11.8. The summed E-state index contributed by atoms with van der Waals surface area (Å²) >= 11 is 0. The Morgan fingerprint density at radius 2 is 1.75 bits per heavy atom. The summed E-state index contributed by atoms with van der Waals surface area (Å²) in [4.78, 5) is 34.6. The van der Waals surface area contributed by atoms with E-state index >= 15 is 0 Å². The van der Waals surface area contributed by atoms with Gasteiger partial charge < -0.3 is 5.73 Å². The Morgan fingerprint density at radius 1 is 1.19 bits per heavy atom. The van der Waals surface area contributed by atoms with Gasteiger partial charge in [-0.1, -0.05) is 25.1 Å². The third-order valence-corrected chi connectivity index (χ3v) is 2.00. The van der Waals surface area contributed by atoms with E-state index in [0.29, 0.717) is 4.90 Å². The van der Waals surface area contributed by atoms with Crippen molar-refractivity contribution in [1.82, 2.24) is 4.90 Å². The normalized spacial score (nSPS) is 9.56. The molecule has 0 aromatic heterocycles. The summed E-state index contributed by atoms with van der Waals surface area (Å²) in [5.41, 5.74) is 5.25. The van der Waals surface area contributed by atoms with Gasteiger partial charge in [0.05, 0.1) is 0 Å². The van der Waals surface area contributed by atoms with Gasteiger partial charge in [0.15, 0.2) is 0 Å². The number of amides is 4. The number of hydrogen-bond donors (Lipinski definition) is 1. The number of nitrogens with two attached hydrogens (primary N) is 1. The fourth-order valence-corrected chi connectivity index (χ4v) is 1.20. The zero-order chi connectivity index (χ0) is 12.1. The molecule has 1 rings (SSSR count). The van der Waals surface area contributed by atoms with Gasteiger partial charge in [0.1, 0.15) is 0 Å².